The zero-order valence-electron chi connectivity index (χ0n) is 14.9. The molecule has 0 saturated heterocycles. The number of ketones is 1. The Morgan fingerprint density at radius 1 is 1.26 bits per heavy atom. The number of methoxy groups -OCH3 is 1. The van der Waals surface area contributed by atoms with Crippen molar-refractivity contribution >= 4 is 22.7 Å². The van der Waals surface area contributed by atoms with E-state index in [-0.39, 0.29) is 16.8 Å². The van der Waals surface area contributed by atoms with Crippen molar-refractivity contribution in [3.05, 3.63) is 69.9 Å². The molecule has 2 atom stereocenters. The van der Waals surface area contributed by atoms with Crippen molar-refractivity contribution in [3.8, 4) is 0 Å². The molecule has 1 aromatic carbocycles. The zero-order valence-corrected chi connectivity index (χ0v) is 14.9. The Hall–Kier alpha value is -3.15. The van der Waals surface area contributed by atoms with Crippen molar-refractivity contribution in [3.63, 3.8) is 0 Å². The molecule has 0 radical (unpaired) electrons. The summed E-state index contributed by atoms with van der Waals surface area (Å²) in [6.45, 7) is 3.96. The van der Waals surface area contributed by atoms with Gasteiger partial charge in [-0.3, -0.25) is 14.4 Å². The second-order valence-electron chi connectivity index (χ2n) is 6.81. The Kier molecular flexibility index (Phi) is 4.18. The molecule has 1 N–H and O–H groups in total. The average molecular weight is 365 g/mol. The molecule has 0 spiro atoms. The summed E-state index contributed by atoms with van der Waals surface area (Å²) < 4.78 is 10.6. The lowest BCUT2D eigenvalue weighted by Gasteiger charge is -2.37. The Labute approximate surface area is 155 Å². The van der Waals surface area contributed by atoms with Crippen LogP contribution in [0, 0.1) is 5.92 Å². The predicted octanol–water partition coefficient (Wildman–Crippen LogP) is 2.79. The van der Waals surface area contributed by atoms with Crippen LogP contribution in [0.5, 0.6) is 0 Å². The fourth-order valence-electron chi connectivity index (χ4n) is 4.04. The lowest BCUT2D eigenvalue weighted by molar-refractivity contribution is -0.144. The Morgan fingerprint density at radius 3 is 2.81 bits per heavy atom. The highest BCUT2D eigenvalue weighted by Crippen LogP contribution is 2.43. The van der Waals surface area contributed by atoms with Gasteiger partial charge in [0.15, 0.2) is 11.2 Å². The quantitative estimate of drug-likeness (QED) is 0.824. The van der Waals surface area contributed by atoms with E-state index in [0.717, 1.165) is 12.1 Å². The number of rotatable bonds is 2. The van der Waals surface area contributed by atoms with Gasteiger partial charge in [0.2, 0.25) is 0 Å². The molecule has 2 aromatic rings. The molecular weight excluding hydrogens is 346 g/mol. The monoisotopic (exact) mass is 365 g/mol. The third-order valence-corrected chi connectivity index (χ3v) is 5.28. The first-order valence-electron chi connectivity index (χ1n) is 8.83. The average Bonchev–Trinajstić information content (AvgIpc) is 2.67. The zero-order chi connectivity index (χ0) is 19.1. The summed E-state index contributed by atoms with van der Waals surface area (Å²) >= 11 is 0. The number of para-hydroxylation sites is 1. The highest BCUT2D eigenvalue weighted by Gasteiger charge is 2.45. The van der Waals surface area contributed by atoms with E-state index in [1.54, 1.807) is 24.3 Å². The van der Waals surface area contributed by atoms with Crippen LogP contribution in [-0.4, -0.2) is 18.9 Å². The van der Waals surface area contributed by atoms with Gasteiger partial charge >= 0.3 is 5.97 Å². The minimum atomic E-state index is -0.875. The molecule has 0 fully saturated rings. The Morgan fingerprint density at radius 2 is 2.04 bits per heavy atom. The number of hydrogen-bond donors (Lipinski definition) is 1. The smallest absolute Gasteiger partial charge is 0.315 e. The van der Waals surface area contributed by atoms with Crippen molar-refractivity contribution in [2.45, 2.75) is 25.2 Å². The van der Waals surface area contributed by atoms with Crippen molar-refractivity contribution in [1.82, 2.24) is 5.32 Å². The molecule has 0 bridgehead atoms. The summed E-state index contributed by atoms with van der Waals surface area (Å²) in [4.78, 5) is 38.4. The van der Waals surface area contributed by atoms with Crippen LogP contribution in [0.25, 0.3) is 11.0 Å². The second-order valence-corrected chi connectivity index (χ2v) is 6.81. The van der Waals surface area contributed by atoms with Crippen LogP contribution >= 0.6 is 0 Å². The van der Waals surface area contributed by atoms with E-state index in [1.165, 1.54) is 13.4 Å². The van der Waals surface area contributed by atoms with Gasteiger partial charge in [-0.2, -0.15) is 0 Å². The summed E-state index contributed by atoms with van der Waals surface area (Å²) in [5.41, 5.74) is 2.09. The van der Waals surface area contributed by atoms with Gasteiger partial charge in [0.05, 0.1) is 18.8 Å². The van der Waals surface area contributed by atoms with Gasteiger partial charge in [-0.05, 0) is 25.0 Å². The number of carbonyl (C=O) groups excluding carboxylic acids is 2. The molecule has 0 saturated carbocycles. The second kappa shape index (κ2) is 6.54. The topological polar surface area (TPSA) is 85.6 Å². The van der Waals surface area contributed by atoms with Crippen molar-refractivity contribution in [1.29, 1.82) is 0 Å². The third kappa shape index (κ3) is 2.68. The van der Waals surface area contributed by atoms with Crippen LogP contribution in [0.4, 0.5) is 0 Å². The lowest BCUT2D eigenvalue weighted by atomic mass is 9.72. The van der Waals surface area contributed by atoms with Crippen molar-refractivity contribution < 1.29 is 18.7 Å². The summed E-state index contributed by atoms with van der Waals surface area (Å²) in [5.74, 6) is -2.26. The molecule has 27 heavy (non-hydrogen) atoms. The number of ether oxygens (including phenoxy) is 1. The molecule has 2 unspecified atom stereocenters. The molecule has 1 aromatic heterocycles. The van der Waals surface area contributed by atoms with E-state index in [4.69, 9.17) is 9.15 Å². The normalized spacial score (nSPS) is 22.4. The number of carbonyl (C=O) groups is 2. The molecule has 6 heteroatoms. The highest BCUT2D eigenvalue weighted by molar-refractivity contribution is 6.00. The van der Waals surface area contributed by atoms with Crippen LogP contribution in [0.3, 0.4) is 0 Å². The van der Waals surface area contributed by atoms with E-state index in [2.05, 4.69) is 11.9 Å². The van der Waals surface area contributed by atoms with Crippen molar-refractivity contribution in [2.24, 2.45) is 5.92 Å². The largest absolute Gasteiger partial charge is 0.468 e. The predicted molar refractivity (Wildman–Crippen MR) is 98.9 cm³/mol. The number of Topliss-reactive ketones (excluding diaryl/α,β-unsaturated/α-hetero) is 1. The SMILES string of the molecule is C=C1NC2=C(C(=O)CCC2)C(c2coc3ccccc3c2=O)C1C(=O)OC. The molecule has 138 valence electrons. The first kappa shape index (κ1) is 17.3. The van der Waals surface area contributed by atoms with Crippen LogP contribution in [0.15, 0.2) is 63.3 Å². The van der Waals surface area contributed by atoms with E-state index >= 15 is 0 Å². The molecule has 2 heterocycles. The number of nitrogens with one attached hydrogen (secondary N) is 1. The van der Waals surface area contributed by atoms with Gasteiger partial charge in [0.25, 0.3) is 0 Å². The third-order valence-electron chi connectivity index (χ3n) is 5.28. The number of benzene rings is 1. The maximum atomic E-state index is 13.2. The number of allylic oxidation sites excluding steroid dienone is 2. The summed E-state index contributed by atoms with van der Waals surface area (Å²) in [5, 5.41) is 3.51. The number of hydrogen-bond acceptors (Lipinski definition) is 6. The van der Waals surface area contributed by atoms with E-state index in [9.17, 15) is 14.4 Å². The maximum absolute atomic E-state index is 13.2. The van der Waals surface area contributed by atoms with Gasteiger partial charge in [-0.15, -0.1) is 0 Å². The molecular formula is C21H19NO5. The van der Waals surface area contributed by atoms with Gasteiger partial charge in [0, 0.05) is 34.9 Å². The van der Waals surface area contributed by atoms with Crippen LogP contribution in [0.1, 0.15) is 30.7 Å². The first-order chi connectivity index (χ1) is 13.0. The molecule has 2 aliphatic rings. The fraction of sp³-hybridized carbons (Fsp3) is 0.286. The molecule has 1 aliphatic carbocycles. The number of fused-ring (bicyclic) bond motifs is 1. The standard InChI is InChI=1S/C21H19NO5/c1-11-17(21(25)26-2)18(19-14(22-11)7-5-8-15(19)23)13-10-27-16-9-4-3-6-12(16)20(13)24/h3-4,6,9-10,17-18,22H,1,5,7-8H2,2H3. The molecule has 1 aliphatic heterocycles. The van der Waals surface area contributed by atoms with Crippen LogP contribution in [-0.2, 0) is 14.3 Å². The molecule has 4 rings (SSSR count). The first-order valence-corrected chi connectivity index (χ1v) is 8.83. The van der Waals surface area contributed by atoms with Crippen LogP contribution < -0.4 is 10.7 Å². The molecule has 6 nitrogen and oxygen atoms in total. The Bertz CT molecular complexity index is 1060. The summed E-state index contributed by atoms with van der Waals surface area (Å²) in [6.07, 6.45) is 3.13. The summed E-state index contributed by atoms with van der Waals surface area (Å²) in [6, 6.07) is 6.90. The minimum absolute atomic E-state index is 0.0669. The summed E-state index contributed by atoms with van der Waals surface area (Å²) in [7, 11) is 1.28. The van der Waals surface area contributed by atoms with E-state index in [0.29, 0.717) is 35.1 Å². The minimum Gasteiger partial charge on any atom is -0.468 e. The lowest BCUT2D eigenvalue weighted by Crippen LogP contribution is -2.42. The van der Waals surface area contributed by atoms with Gasteiger partial charge in [-0.1, -0.05) is 18.7 Å². The number of esters is 1. The van der Waals surface area contributed by atoms with E-state index in [1.807, 2.05) is 0 Å². The highest BCUT2D eigenvalue weighted by atomic mass is 16.5. The van der Waals surface area contributed by atoms with Crippen LogP contribution in [0.2, 0.25) is 0 Å². The van der Waals surface area contributed by atoms with Gasteiger partial charge in [0.1, 0.15) is 11.5 Å². The molecule has 0 amide bonds. The Balaban J connectivity index is 1.99. The van der Waals surface area contributed by atoms with Gasteiger partial charge in [-0.25, -0.2) is 0 Å². The van der Waals surface area contributed by atoms with Gasteiger partial charge < -0.3 is 14.5 Å². The fourth-order valence-corrected chi connectivity index (χ4v) is 4.04. The maximum Gasteiger partial charge on any atom is 0.315 e. The van der Waals surface area contributed by atoms with E-state index < -0.39 is 17.8 Å². The van der Waals surface area contributed by atoms with Crippen molar-refractivity contribution in [2.75, 3.05) is 7.11 Å².